The normalized spacial score (nSPS) is 17.3. The SMILES string of the molecule is O[C@@H](CN1CCN(C[C@H](O)c2cc(C(F)(F)F)nc3c(C(F)(F)F)cccc23)CC1)c1cc(C(F)(F)F)nc2c(C(F)(F)F)cccc12. The fraction of sp³-hybridized carbons (Fsp3) is 0.400. The smallest absolute Gasteiger partial charge is 0.387 e. The zero-order valence-corrected chi connectivity index (χ0v) is 24.2. The molecule has 6 nitrogen and oxygen atoms in total. The third-order valence-electron chi connectivity index (χ3n) is 7.98. The highest BCUT2D eigenvalue weighted by atomic mass is 19.4. The first kappa shape index (κ1) is 35.6. The number of pyridine rings is 2. The molecule has 0 amide bonds. The van der Waals surface area contributed by atoms with Crippen LogP contribution in [0.1, 0.15) is 45.8 Å². The van der Waals surface area contributed by atoms with Crippen molar-refractivity contribution in [2.24, 2.45) is 0 Å². The van der Waals surface area contributed by atoms with E-state index in [-0.39, 0.29) is 50.0 Å². The Balaban J connectivity index is 1.34. The fourth-order valence-electron chi connectivity index (χ4n) is 5.69. The highest BCUT2D eigenvalue weighted by Crippen LogP contribution is 2.41. The fourth-order valence-corrected chi connectivity index (χ4v) is 5.69. The molecule has 260 valence electrons. The molecule has 5 rings (SSSR count). The van der Waals surface area contributed by atoms with Gasteiger partial charge in [0.15, 0.2) is 0 Å². The van der Waals surface area contributed by atoms with Gasteiger partial charge < -0.3 is 10.2 Å². The van der Waals surface area contributed by atoms with Crippen molar-refractivity contribution in [2.75, 3.05) is 39.3 Å². The summed E-state index contributed by atoms with van der Waals surface area (Å²) in [6, 6.07) is 6.30. The molecular weight excluding hydrogens is 676 g/mol. The Morgan fingerprint density at radius 3 is 1.17 bits per heavy atom. The van der Waals surface area contributed by atoms with Crippen LogP contribution in [-0.4, -0.2) is 69.2 Å². The molecule has 0 radical (unpaired) electrons. The van der Waals surface area contributed by atoms with Crippen molar-refractivity contribution in [3.8, 4) is 0 Å². The molecule has 0 bridgehead atoms. The molecule has 2 aromatic carbocycles. The minimum absolute atomic E-state index is 0.107. The van der Waals surface area contributed by atoms with Gasteiger partial charge in [-0.2, -0.15) is 52.7 Å². The summed E-state index contributed by atoms with van der Waals surface area (Å²) in [6.07, 6.45) is -23.7. The molecule has 0 unspecified atom stereocenters. The lowest BCUT2D eigenvalue weighted by atomic mass is 9.98. The number of para-hydroxylation sites is 2. The lowest BCUT2D eigenvalue weighted by Crippen LogP contribution is -2.48. The van der Waals surface area contributed by atoms with Gasteiger partial charge in [0.25, 0.3) is 0 Å². The number of benzene rings is 2. The molecule has 2 aromatic heterocycles. The van der Waals surface area contributed by atoms with Gasteiger partial charge in [0, 0.05) is 50.0 Å². The molecule has 1 aliphatic heterocycles. The van der Waals surface area contributed by atoms with E-state index in [2.05, 4.69) is 9.97 Å². The molecule has 0 saturated carbocycles. The molecule has 1 fully saturated rings. The van der Waals surface area contributed by atoms with Crippen molar-refractivity contribution < 1.29 is 62.9 Å². The molecular formula is C30H24F12N4O2. The molecule has 1 aliphatic rings. The van der Waals surface area contributed by atoms with Crippen molar-refractivity contribution in [1.82, 2.24) is 19.8 Å². The van der Waals surface area contributed by atoms with Crippen LogP contribution in [0.25, 0.3) is 21.8 Å². The van der Waals surface area contributed by atoms with Crippen LogP contribution in [0.4, 0.5) is 52.7 Å². The average Bonchev–Trinajstić information content (AvgIpc) is 2.98. The molecule has 0 aliphatic carbocycles. The van der Waals surface area contributed by atoms with Crippen LogP contribution in [0.2, 0.25) is 0 Å². The number of nitrogens with zero attached hydrogens (tertiary/aromatic N) is 4. The number of aromatic nitrogens is 2. The van der Waals surface area contributed by atoms with E-state index in [0.29, 0.717) is 24.3 Å². The number of alkyl halides is 12. The zero-order chi connectivity index (χ0) is 35.4. The molecule has 2 N–H and O–H groups in total. The van der Waals surface area contributed by atoms with Crippen LogP contribution in [-0.2, 0) is 24.7 Å². The van der Waals surface area contributed by atoms with Crippen LogP contribution in [0.3, 0.4) is 0 Å². The third kappa shape index (κ3) is 7.45. The zero-order valence-electron chi connectivity index (χ0n) is 24.2. The van der Waals surface area contributed by atoms with Crippen molar-refractivity contribution in [1.29, 1.82) is 0 Å². The number of piperazine rings is 1. The Morgan fingerprint density at radius 1 is 0.542 bits per heavy atom. The second-order valence-electron chi connectivity index (χ2n) is 11.2. The van der Waals surface area contributed by atoms with Crippen LogP contribution < -0.4 is 0 Å². The summed E-state index contributed by atoms with van der Waals surface area (Å²) in [4.78, 5) is 9.56. The van der Waals surface area contributed by atoms with Gasteiger partial charge in [-0.3, -0.25) is 9.80 Å². The quantitative estimate of drug-likeness (QED) is 0.207. The standard InChI is InChI=1S/C30H24F12N4O2/c31-27(32,33)19-5-1-3-15-17(11-23(29(37,38)39)43-25(15)19)21(47)13-45-7-9-46(10-8-45)14-22(48)18-12-24(30(40,41)42)44-26-16(18)4-2-6-20(26)28(34,35)36/h1-6,11-12,21-22,47-48H,7-10,13-14H2/t21-,22-/m0/s1. The number of fused-ring (bicyclic) bond motifs is 2. The molecule has 2 atom stereocenters. The number of rotatable bonds is 6. The maximum absolute atomic E-state index is 13.6. The Bertz CT molecular complexity index is 1660. The Labute approximate surface area is 263 Å². The van der Waals surface area contributed by atoms with Gasteiger partial charge in [-0.1, -0.05) is 24.3 Å². The highest BCUT2D eigenvalue weighted by Gasteiger charge is 2.40. The Morgan fingerprint density at radius 2 is 0.875 bits per heavy atom. The molecule has 48 heavy (non-hydrogen) atoms. The molecule has 18 heteroatoms. The predicted molar refractivity (Wildman–Crippen MR) is 146 cm³/mol. The van der Waals surface area contributed by atoms with Crippen molar-refractivity contribution in [3.05, 3.63) is 82.2 Å². The van der Waals surface area contributed by atoms with E-state index < -0.39 is 81.6 Å². The molecule has 0 spiro atoms. The molecule has 1 saturated heterocycles. The predicted octanol–water partition coefficient (Wildman–Crippen LogP) is 7.24. The van der Waals surface area contributed by atoms with Gasteiger partial charge in [-0.05, 0) is 35.4 Å². The van der Waals surface area contributed by atoms with Crippen molar-refractivity contribution in [3.63, 3.8) is 0 Å². The topological polar surface area (TPSA) is 72.7 Å². The summed E-state index contributed by atoms with van der Waals surface area (Å²) in [5.74, 6) is 0. The third-order valence-corrected chi connectivity index (χ3v) is 7.98. The van der Waals surface area contributed by atoms with Gasteiger partial charge in [0.1, 0.15) is 11.4 Å². The van der Waals surface area contributed by atoms with Gasteiger partial charge >= 0.3 is 24.7 Å². The van der Waals surface area contributed by atoms with E-state index in [1.807, 2.05) is 0 Å². The summed E-state index contributed by atoms with van der Waals surface area (Å²) in [5.41, 5.74) is -8.89. The van der Waals surface area contributed by atoms with E-state index >= 15 is 0 Å². The number of aliphatic hydroxyl groups excluding tert-OH is 2. The van der Waals surface area contributed by atoms with Gasteiger partial charge in [0.05, 0.1) is 34.4 Å². The summed E-state index contributed by atoms with van der Waals surface area (Å²) in [5, 5.41) is 21.2. The average molecular weight is 701 g/mol. The largest absolute Gasteiger partial charge is 0.433 e. The highest BCUT2D eigenvalue weighted by molar-refractivity contribution is 5.87. The van der Waals surface area contributed by atoms with Crippen LogP contribution >= 0.6 is 0 Å². The monoisotopic (exact) mass is 700 g/mol. The minimum Gasteiger partial charge on any atom is -0.387 e. The lowest BCUT2D eigenvalue weighted by molar-refractivity contribution is -0.142. The van der Waals surface area contributed by atoms with E-state index in [9.17, 15) is 62.9 Å². The Kier molecular flexibility index (Phi) is 9.35. The minimum atomic E-state index is -5.12. The summed E-state index contributed by atoms with van der Waals surface area (Å²) in [7, 11) is 0. The van der Waals surface area contributed by atoms with Crippen LogP contribution in [0.15, 0.2) is 48.5 Å². The van der Waals surface area contributed by atoms with E-state index in [4.69, 9.17) is 0 Å². The first-order valence-corrected chi connectivity index (χ1v) is 14.1. The number of hydrogen-bond donors (Lipinski definition) is 2. The van der Waals surface area contributed by atoms with Crippen molar-refractivity contribution >= 4 is 21.8 Å². The number of β-amino-alcohol motifs (C(OH)–C–C–N with tert-alkyl or cyclic N) is 2. The van der Waals surface area contributed by atoms with Gasteiger partial charge in [-0.15, -0.1) is 0 Å². The first-order valence-electron chi connectivity index (χ1n) is 14.1. The first-order chi connectivity index (χ1) is 22.1. The summed E-state index contributed by atoms with van der Waals surface area (Å²) >= 11 is 0. The number of hydrogen-bond acceptors (Lipinski definition) is 6. The maximum Gasteiger partial charge on any atom is 0.433 e. The van der Waals surface area contributed by atoms with Crippen molar-refractivity contribution in [2.45, 2.75) is 36.9 Å². The molecule has 3 heterocycles. The van der Waals surface area contributed by atoms with Crippen LogP contribution in [0, 0.1) is 0 Å². The number of halogens is 12. The van der Waals surface area contributed by atoms with E-state index in [1.165, 1.54) is 0 Å². The molecule has 4 aromatic rings. The number of aliphatic hydroxyl groups is 2. The maximum atomic E-state index is 13.6. The second kappa shape index (κ2) is 12.6. The summed E-state index contributed by atoms with van der Waals surface area (Å²) in [6.45, 7) is -0.197. The van der Waals surface area contributed by atoms with E-state index in [0.717, 1.165) is 24.3 Å². The van der Waals surface area contributed by atoms with Gasteiger partial charge in [0.2, 0.25) is 0 Å². The second-order valence-corrected chi connectivity index (χ2v) is 11.2. The lowest BCUT2D eigenvalue weighted by Gasteiger charge is -2.36. The Hall–Kier alpha value is -3.74. The van der Waals surface area contributed by atoms with Crippen LogP contribution in [0.5, 0.6) is 0 Å². The van der Waals surface area contributed by atoms with E-state index in [1.54, 1.807) is 9.80 Å². The van der Waals surface area contributed by atoms with Gasteiger partial charge in [-0.25, -0.2) is 9.97 Å². The summed E-state index contributed by atoms with van der Waals surface area (Å²) < 4.78 is 163.